The summed E-state index contributed by atoms with van der Waals surface area (Å²) >= 11 is 0. The average molecular weight is 393 g/mol. The highest BCUT2D eigenvalue weighted by Gasteiger charge is 2.22. The van der Waals surface area contributed by atoms with E-state index in [-0.39, 0.29) is 11.6 Å². The SMILES string of the molecule is Cc1nn(-c2ccc(F)cc2F)c2nc(-c3ccnn3C)cc(-c3nnco3)c12. The summed E-state index contributed by atoms with van der Waals surface area (Å²) in [6.45, 7) is 1.77. The van der Waals surface area contributed by atoms with Crippen LogP contribution in [-0.4, -0.2) is 34.7 Å². The molecule has 0 radical (unpaired) electrons. The number of hydrogen-bond acceptors (Lipinski definition) is 6. The van der Waals surface area contributed by atoms with Crippen molar-refractivity contribution in [2.24, 2.45) is 7.05 Å². The van der Waals surface area contributed by atoms with Crippen molar-refractivity contribution in [1.29, 1.82) is 0 Å². The highest BCUT2D eigenvalue weighted by atomic mass is 19.1. The standard InChI is InChI=1S/C19H13F2N7O/c1-10-17-12(19-25-22-9-29-19)8-14(16-5-6-23-27(16)2)24-18(17)28(26-10)15-4-3-11(20)7-13(15)21/h3-9H,1-2H3. The highest BCUT2D eigenvalue weighted by Crippen LogP contribution is 2.34. The number of hydrogen-bond donors (Lipinski definition) is 0. The van der Waals surface area contributed by atoms with E-state index in [1.54, 1.807) is 37.0 Å². The second-order valence-electron chi connectivity index (χ2n) is 6.43. The van der Waals surface area contributed by atoms with E-state index in [0.717, 1.165) is 11.8 Å². The van der Waals surface area contributed by atoms with Gasteiger partial charge in [0, 0.05) is 19.3 Å². The second kappa shape index (κ2) is 6.30. The Morgan fingerprint density at radius 2 is 1.97 bits per heavy atom. The fraction of sp³-hybridized carbons (Fsp3) is 0.105. The molecule has 0 spiro atoms. The van der Waals surface area contributed by atoms with Gasteiger partial charge in [-0.25, -0.2) is 18.4 Å². The summed E-state index contributed by atoms with van der Waals surface area (Å²) in [7, 11) is 1.79. The van der Waals surface area contributed by atoms with Gasteiger partial charge in [-0.3, -0.25) is 4.68 Å². The van der Waals surface area contributed by atoms with Crippen LogP contribution in [0.5, 0.6) is 0 Å². The summed E-state index contributed by atoms with van der Waals surface area (Å²) in [6.07, 6.45) is 2.88. The first-order valence-electron chi connectivity index (χ1n) is 8.63. The van der Waals surface area contributed by atoms with Crippen molar-refractivity contribution in [3.8, 4) is 28.5 Å². The van der Waals surface area contributed by atoms with Gasteiger partial charge in [-0.15, -0.1) is 10.2 Å². The van der Waals surface area contributed by atoms with E-state index in [1.165, 1.54) is 23.2 Å². The lowest BCUT2D eigenvalue weighted by atomic mass is 10.1. The minimum Gasteiger partial charge on any atom is -0.423 e. The number of aromatic nitrogens is 7. The van der Waals surface area contributed by atoms with Crippen LogP contribution in [0.1, 0.15) is 5.69 Å². The molecule has 5 rings (SSSR count). The minimum absolute atomic E-state index is 0.0793. The van der Waals surface area contributed by atoms with E-state index < -0.39 is 11.6 Å². The number of benzene rings is 1. The quantitative estimate of drug-likeness (QED) is 0.467. The molecule has 8 nitrogen and oxygen atoms in total. The fourth-order valence-electron chi connectivity index (χ4n) is 3.33. The molecule has 144 valence electrons. The van der Waals surface area contributed by atoms with Gasteiger partial charge in [0.2, 0.25) is 12.3 Å². The largest absolute Gasteiger partial charge is 0.423 e. The molecule has 0 aliphatic rings. The normalized spacial score (nSPS) is 11.4. The molecule has 29 heavy (non-hydrogen) atoms. The number of fused-ring (bicyclic) bond motifs is 1. The van der Waals surface area contributed by atoms with Crippen molar-refractivity contribution in [3.05, 3.63) is 60.3 Å². The molecule has 5 aromatic rings. The molecule has 0 aliphatic carbocycles. The summed E-state index contributed by atoms with van der Waals surface area (Å²) in [6, 6.07) is 6.90. The number of halogens is 2. The summed E-state index contributed by atoms with van der Waals surface area (Å²) in [5, 5.41) is 17.0. The summed E-state index contributed by atoms with van der Waals surface area (Å²) < 4.78 is 36.3. The first-order valence-corrected chi connectivity index (χ1v) is 8.63. The molecule has 0 amide bonds. The smallest absolute Gasteiger partial charge is 0.248 e. The third-order valence-electron chi connectivity index (χ3n) is 4.62. The van der Waals surface area contributed by atoms with Gasteiger partial charge in [-0.1, -0.05) is 0 Å². The first kappa shape index (κ1) is 17.2. The molecule has 10 heteroatoms. The zero-order chi connectivity index (χ0) is 20.1. The van der Waals surface area contributed by atoms with Gasteiger partial charge in [0.25, 0.3) is 0 Å². The lowest BCUT2D eigenvalue weighted by Gasteiger charge is -2.08. The predicted octanol–water partition coefficient (Wildman–Crippen LogP) is 3.46. The number of aryl methyl sites for hydroxylation is 2. The van der Waals surface area contributed by atoms with Crippen molar-refractivity contribution < 1.29 is 13.2 Å². The van der Waals surface area contributed by atoms with Crippen LogP contribution in [0.15, 0.2) is 47.3 Å². The van der Waals surface area contributed by atoms with Gasteiger partial charge in [-0.05, 0) is 31.2 Å². The Balaban J connectivity index is 1.87. The molecule has 0 N–H and O–H groups in total. The van der Waals surface area contributed by atoms with Crippen molar-refractivity contribution >= 4 is 11.0 Å². The Kier molecular flexibility index (Phi) is 3.73. The molecule has 4 heterocycles. The van der Waals surface area contributed by atoms with E-state index >= 15 is 0 Å². The summed E-state index contributed by atoms with van der Waals surface area (Å²) in [5.41, 5.74) is 2.94. The molecule has 1 aromatic carbocycles. The fourth-order valence-corrected chi connectivity index (χ4v) is 3.33. The molecule has 0 atom stereocenters. The lowest BCUT2D eigenvalue weighted by molar-refractivity contribution is 0.569. The van der Waals surface area contributed by atoms with Crippen LogP contribution in [0.3, 0.4) is 0 Å². The van der Waals surface area contributed by atoms with Gasteiger partial charge in [0.1, 0.15) is 11.5 Å². The molecule has 0 fully saturated rings. The van der Waals surface area contributed by atoms with Gasteiger partial charge >= 0.3 is 0 Å². The molecular formula is C19H13F2N7O. The maximum atomic E-state index is 14.5. The van der Waals surface area contributed by atoms with Crippen molar-refractivity contribution in [2.45, 2.75) is 6.92 Å². The van der Waals surface area contributed by atoms with Gasteiger partial charge in [-0.2, -0.15) is 10.2 Å². The molecule has 0 saturated carbocycles. The van der Waals surface area contributed by atoms with Crippen LogP contribution in [0.25, 0.3) is 39.6 Å². The van der Waals surface area contributed by atoms with Crippen LogP contribution in [-0.2, 0) is 7.05 Å². The Labute approximate surface area is 162 Å². The van der Waals surface area contributed by atoms with Crippen LogP contribution in [0.4, 0.5) is 8.78 Å². The Bertz CT molecular complexity index is 1350. The first-order chi connectivity index (χ1) is 14.0. The van der Waals surface area contributed by atoms with E-state index in [2.05, 4.69) is 20.4 Å². The van der Waals surface area contributed by atoms with Crippen LogP contribution in [0, 0.1) is 18.6 Å². The van der Waals surface area contributed by atoms with E-state index in [0.29, 0.717) is 28.0 Å². The second-order valence-corrected chi connectivity index (χ2v) is 6.43. The monoisotopic (exact) mass is 393 g/mol. The zero-order valence-electron chi connectivity index (χ0n) is 15.3. The number of rotatable bonds is 3. The Hall–Kier alpha value is -3.95. The average Bonchev–Trinajstić information content (AvgIpc) is 3.42. The third kappa shape index (κ3) is 2.68. The maximum absolute atomic E-state index is 14.5. The molecule has 4 aromatic heterocycles. The molecule has 0 bridgehead atoms. The van der Waals surface area contributed by atoms with Crippen LogP contribution < -0.4 is 0 Å². The van der Waals surface area contributed by atoms with Crippen molar-refractivity contribution in [3.63, 3.8) is 0 Å². The summed E-state index contributed by atoms with van der Waals surface area (Å²) in [4.78, 5) is 4.70. The van der Waals surface area contributed by atoms with E-state index in [1.807, 2.05) is 0 Å². The minimum atomic E-state index is -0.749. The van der Waals surface area contributed by atoms with Crippen LogP contribution >= 0.6 is 0 Å². The highest BCUT2D eigenvalue weighted by molar-refractivity contribution is 5.95. The zero-order valence-corrected chi connectivity index (χ0v) is 15.3. The topological polar surface area (TPSA) is 87.5 Å². The van der Waals surface area contributed by atoms with Gasteiger partial charge < -0.3 is 4.42 Å². The molecular weight excluding hydrogens is 380 g/mol. The molecule has 0 unspecified atom stereocenters. The Morgan fingerprint density at radius 1 is 1.10 bits per heavy atom. The maximum Gasteiger partial charge on any atom is 0.248 e. The number of pyridine rings is 1. The third-order valence-corrected chi connectivity index (χ3v) is 4.62. The summed E-state index contributed by atoms with van der Waals surface area (Å²) in [5.74, 6) is -1.14. The van der Waals surface area contributed by atoms with E-state index in [9.17, 15) is 8.78 Å². The lowest BCUT2D eigenvalue weighted by Crippen LogP contribution is -2.03. The molecule has 0 saturated heterocycles. The molecule has 0 aliphatic heterocycles. The number of nitrogens with zero attached hydrogens (tertiary/aromatic N) is 7. The predicted molar refractivity (Wildman–Crippen MR) is 99.0 cm³/mol. The Morgan fingerprint density at radius 3 is 2.66 bits per heavy atom. The van der Waals surface area contributed by atoms with E-state index in [4.69, 9.17) is 9.40 Å². The van der Waals surface area contributed by atoms with Crippen molar-refractivity contribution in [2.75, 3.05) is 0 Å². The van der Waals surface area contributed by atoms with Crippen LogP contribution in [0.2, 0.25) is 0 Å². The van der Waals surface area contributed by atoms with Crippen molar-refractivity contribution in [1.82, 2.24) is 34.7 Å². The van der Waals surface area contributed by atoms with Gasteiger partial charge in [0.15, 0.2) is 11.5 Å². The van der Waals surface area contributed by atoms with Gasteiger partial charge in [0.05, 0.1) is 28.0 Å².